The van der Waals surface area contributed by atoms with Crippen LogP contribution in [-0.4, -0.2) is 13.6 Å². The van der Waals surface area contributed by atoms with E-state index in [1.807, 2.05) is 7.05 Å². The van der Waals surface area contributed by atoms with Crippen molar-refractivity contribution >= 4 is 22.6 Å². The Bertz CT molecular complexity index is 478. The highest BCUT2D eigenvalue weighted by Gasteiger charge is 2.10. The van der Waals surface area contributed by atoms with Gasteiger partial charge in [0.2, 0.25) is 0 Å². The number of rotatable bonds is 6. The molecule has 1 unspecified atom stereocenters. The molecule has 2 heteroatoms. The van der Waals surface area contributed by atoms with E-state index in [4.69, 9.17) is 0 Å². The molecule has 0 amide bonds. The summed E-state index contributed by atoms with van der Waals surface area (Å²) in [6, 6.07) is 19.6. The zero-order chi connectivity index (χ0) is 13.5. The first kappa shape index (κ1) is 14.5. The Hall–Kier alpha value is -0.870. The quantitative estimate of drug-likeness (QED) is 0.766. The van der Waals surface area contributed by atoms with Crippen LogP contribution in [0.25, 0.3) is 0 Å². The van der Waals surface area contributed by atoms with Crippen LogP contribution in [0.2, 0.25) is 0 Å². The average Bonchev–Trinajstić information content (AvgIpc) is 2.43. The Morgan fingerprint density at radius 2 is 1.47 bits per heavy atom. The first-order chi connectivity index (χ1) is 9.28. The third-order valence-corrected chi connectivity index (χ3v) is 4.02. The largest absolute Gasteiger partial charge is 0.319 e. The molecule has 0 saturated heterocycles. The highest BCUT2D eigenvalue weighted by atomic mass is 127. The second-order valence-electron chi connectivity index (χ2n) is 4.94. The highest BCUT2D eigenvalue weighted by molar-refractivity contribution is 14.1. The number of nitrogens with one attached hydrogen (secondary N) is 1. The van der Waals surface area contributed by atoms with E-state index in [0.717, 1.165) is 19.4 Å². The normalized spacial score (nSPS) is 12.3. The van der Waals surface area contributed by atoms with Gasteiger partial charge in [0.05, 0.1) is 0 Å². The number of hydrogen-bond acceptors (Lipinski definition) is 1. The fourth-order valence-corrected chi connectivity index (χ4v) is 2.77. The summed E-state index contributed by atoms with van der Waals surface area (Å²) in [5, 5.41) is 3.32. The summed E-state index contributed by atoms with van der Waals surface area (Å²) in [7, 11) is 2.03. The van der Waals surface area contributed by atoms with Crippen molar-refractivity contribution in [1.82, 2.24) is 5.32 Å². The van der Waals surface area contributed by atoms with Crippen molar-refractivity contribution < 1.29 is 0 Å². The van der Waals surface area contributed by atoms with Gasteiger partial charge in [0, 0.05) is 3.57 Å². The molecule has 1 N–H and O–H groups in total. The number of hydrogen-bond donors (Lipinski definition) is 1. The molecule has 0 bridgehead atoms. The molecule has 0 aliphatic carbocycles. The summed E-state index contributed by atoms with van der Waals surface area (Å²) in [5.74, 6) is 0.646. The van der Waals surface area contributed by atoms with Crippen molar-refractivity contribution in [2.24, 2.45) is 5.92 Å². The number of halogens is 1. The van der Waals surface area contributed by atoms with Crippen molar-refractivity contribution in [3.05, 3.63) is 69.3 Å². The van der Waals surface area contributed by atoms with Crippen molar-refractivity contribution in [2.75, 3.05) is 13.6 Å². The van der Waals surface area contributed by atoms with Gasteiger partial charge in [-0.25, -0.2) is 0 Å². The molecular formula is C17H20IN. The lowest BCUT2D eigenvalue weighted by molar-refractivity contribution is 0.493. The summed E-state index contributed by atoms with van der Waals surface area (Å²) in [6.07, 6.45) is 2.26. The van der Waals surface area contributed by atoms with E-state index in [-0.39, 0.29) is 0 Å². The molecule has 0 aromatic heterocycles. The minimum absolute atomic E-state index is 0.646. The van der Waals surface area contributed by atoms with E-state index in [9.17, 15) is 0 Å². The minimum Gasteiger partial charge on any atom is -0.319 e. The SMILES string of the molecule is CNCC(Cc1ccccc1)Cc1ccc(I)cc1. The molecule has 2 rings (SSSR count). The van der Waals surface area contributed by atoms with Crippen LogP contribution < -0.4 is 5.32 Å². The second-order valence-corrected chi connectivity index (χ2v) is 6.19. The van der Waals surface area contributed by atoms with Crippen LogP contribution in [0.15, 0.2) is 54.6 Å². The molecule has 0 fully saturated rings. The molecule has 0 radical (unpaired) electrons. The molecule has 0 heterocycles. The van der Waals surface area contributed by atoms with E-state index in [0.29, 0.717) is 5.92 Å². The topological polar surface area (TPSA) is 12.0 Å². The van der Waals surface area contributed by atoms with Crippen LogP contribution in [0, 0.1) is 9.49 Å². The third kappa shape index (κ3) is 4.96. The van der Waals surface area contributed by atoms with Gasteiger partial charge in [-0.1, -0.05) is 42.5 Å². The fourth-order valence-electron chi connectivity index (χ4n) is 2.41. The van der Waals surface area contributed by atoms with Crippen LogP contribution in [0.3, 0.4) is 0 Å². The Kier molecular flexibility index (Phi) is 5.86. The molecule has 0 aliphatic heterocycles. The fraction of sp³-hybridized carbons (Fsp3) is 0.294. The maximum Gasteiger partial charge on any atom is 0.0130 e. The first-order valence-corrected chi connectivity index (χ1v) is 7.79. The molecule has 0 aliphatic rings. The van der Waals surface area contributed by atoms with Crippen molar-refractivity contribution in [1.29, 1.82) is 0 Å². The van der Waals surface area contributed by atoms with Crippen LogP contribution in [-0.2, 0) is 12.8 Å². The molecule has 100 valence electrons. The predicted octanol–water partition coefficient (Wildman–Crippen LogP) is 3.91. The minimum atomic E-state index is 0.646. The molecule has 1 nitrogen and oxygen atoms in total. The van der Waals surface area contributed by atoms with Gasteiger partial charge >= 0.3 is 0 Å². The number of benzene rings is 2. The summed E-state index contributed by atoms with van der Waals surface area (Å²) >= 11 is 2.35. The molecule has 1 atom stereocenters. The second kappa shape index (κ2) is 7.65. The standard InChI is InChI=1S/C17H20IN/c1-19-13-16(11-14-5-3-2-4-6-14)12-15-7-9-17(18)10-8-15/h2-10,16,19H,11-13H2,1H3. The van der Waals surface area contributed by atoms with Crippen LogP contribution in [0.4, 0.5) is 0 Å². The van der Waals surface area contributed by atoms with Gasteiger partial charge < -0.3 is 5.32 Å². The van der Waals surface area contributed by atoms with Gasteiger partial charge in [-0.05, 0) is 78.2 Å². The average molecular weight is 365 g/mol. The van der Waals surface area contributed by atoms with Gasteiger partial charge in [-0.3, -0.25) is 0 Å². The Labute approximate surface area is 129 Å². The van der Waals surface area contributed by atoms with Crippen LogP contribution >= 0.6 is 22.6 Å². The highest BCUT2D eigenvalue weighted by Crippen LogP contribution is 2.15. The Balaban J connectivity index is 2.01. The van der Waals surface area contributed by atoms with E-state index in [2.05, 4.69) is 82.5 Å². The maximum absolute atomic E-state index is 3.32. The Morgan fingerprint density at radius 3 is 2.05 bits per heavy atom. The summed E-state index contributed by atoms with van der Waals surface area (Å²) in [6.45, 7) is 1.06. The van der Waals surface area contributed by atoms with Crippen molar-refractivity contribution in [3.63, 3.8) is 0 Å². The molecule has 0 saturated carbocycles. The first-order valence-electron chi connectivity index (χ1n) is 6.71. The van der Waals surface area contributed by atoms with Gasteiger partial charge in [0.15, 0.2) is 0 Å². The van der Waals surface area contributed by atoms with Gasteiger partial charge in [-0.2, -0.15) is 0 Å². The lowest BCUT2D eigenvalue weighted by Crippen LogP contribution is -2.22. The molecule has 0 spiro atoms. The lowest BCUT2D eigenvalue weighted by atomic mass is 9.92. The van der Waals surface area contributed by atoms with E-state index in [1.165, 1.54) is 14.7 Å². The van der Waals surface area contributed by atoms with Crippen molar-refractivity contribution in [3.8, 4) is 0 Å². The third-order valence-electron chi connectivity index (χ3n) is 3.30. The molecule has 2 aromatic rings. The summed E-state index contributed by atoms with van der Waals surface area (Å²) < 4.78 is 1.30. The summed E-state index contributed by atoms with van der Waals surface area (Å²) in [5.41, 5.74) is 2.85. The van der Waals surface area contributed by atoms with Crippen molar-refractivity contribution in [2.45, 2.75) is 12.8 Å². The predicted molar refractivity (Wildman–Crippen MR) is 90.4 cm³/mol. The van der Waals surface area contributed by atoms with Gasteiger partial charge in [0.1, 0.15) is 0 Å². The Morgan fingerprint density at radius 1 is 0.895 bits per heavy atom. The lowest BCUT2D eigenvalue weighted by Gasteiger charge is -2.17. The zero-order valence-corrected chi connectivity index (χ0v) is 13.4. The zero-order valence-electron chi connectivity index (χ0n) is 11.3. The maximum atomic E-state index is 3.32. The van der Waals surface area contributed by atoms with E-state index in [1.54, 1.807) is 0 Å². The molecular weight excluding hydrogens is 345 g/mol. The summed E-state index contributed by atoms with van der Waals surface area (Å²) in [4.78, 5) is 0. The monoisotopic (exact) mass is 365 g/mol. The van der Waals surface area contributed by atoms with Gasteiger partial charge in [0.25, 0.3) is 0 Å². The van der Waals surface area contributed by atoms with E-state index < -0.39 is 0 Å². The molecule has 2 aromatic carbocycles. The smallest absolute Gasteiger partial charge is 0.0130 e. The van der Waals surface area contributed by atoms with Crippen LogP contribution in [0.1, 0.15) is 11.1 Å². The van der Waals surface area contributed by atoms with E-state index >= 15 is 0 Å². The van der Waals surface area contributed by atoms with Crippen LogP contribution in [0.5, 0.6) is 0 Å². The van der Waals surface area contributed by atoms with Gasteiger partial charge in [-0.15, -0.1) is 0 Å². The molecule has 19 heavy (non-hydrogen) atoms.